The van der Waals surface area contributed by atoms with E-state index in [0.717, 1.165) is 38.5 Å². The zero-order valence-electron chi connectivity index (χ0n) is 12.6. The maximum Gasteiger partial charge on any atom is 0.0640 e. The normalized spacial score (nSPS) is 11.3. The number of aliphatic hydroxyl groups is 2. The molecule has 3 heteroatoms. The van der Waals surface area contributed by atoms with Gasteiger partial charge in [-0.05, 0) is 38.5 Å². The molecule has 2 nitrogen and oxygen atoms in total. The van der Waals surface area contributed by atoms with Crippen molar-refractivity contribution < 1.29 is 31.9 Å². The van der Waals surface area contributed by atoms with Crippen molar-refractivity contribution in [2.75, 3.05) is 0 Å². The van der Waals surface area contributed by atoms with Crippen molar-refractivity contribution in [2.45, 2.75) is 91.3 Å². The van der Waals surface area contributed by atoms with E-state index in [9.17, 15) is 10.2 Å². The first-order valence-corrected chi connectivity index (χ1v) is 6.81. The first kappa shape index (κ1) is 22.8. The molecule has 0 bridgehead atoms. The zero-order valence-corrected chi connectivity index (χ0v) is 14.2. The molecule has 0 aliphatic heterocycles. The van der Waals surface area contributed by atoms with E-state index in [4.69, 9.17) is 0 Å². The van der Waals surface area contributed by atoms with Gasteiger partial charge >= 0.3 is 0 Å². The molecule has 2 N–H and O–H groups in total. The Kier molecular flexibility index (Phi) is 15.7. The molecule has 0 atom stereocenters. The molecule has 0 radical (unpaired) electrons. The fourth-order valence-electron chi connectivity index (χ4n) is 1.50. The van der Waals surface area contributed by atoms with Crippen molar-refractivity contribution in [1.82, 2.24) is 0 Å². The Morgan fingerprint density at radius 2 is 0.647 bits per heavy atom. The largest absolute Gasteiger partial charge is 0.390 e. The van der Waals surface area contributed by atoms with Gasteiger partial charge in [0.1, 0.15) is 0 Å². The minimum absolute atomic E-state index is 0. The van der Waals surface area contributed by atoms with E-state index >= 15 is 0 Å². The molecular formula is C14H32O2Ti. The van der Waals surface area contributed by atoms with Crippen molar-refractivity contribution in [3.05, 3.63) is 0 Å². The standard InChI is InChI=1S/2C7H16O.Ti/c2*1-4-7(8,5-2)6-3;/h2*8H,4-6H2,1-3H3;. The summed E-state index contributed by atoms with van der Waals surface area (Å²) in [5, 5.41) is 18.9. The summed E-state index contributed by atoms with van der Waals surface area (Å²) in [4.78, 5) is 0. The predicted molar refractivity (Wildman–Crippen MR) is 71.6 cm³/mol. The van der Waals surface area contributed by atoms with E-state index < -0.39 is 0 Å². The fourth-order valence-corrected chi connectivity index (χ4v) is 1.50. The minimum Gasteiger partial charge on any atom is -0.390 e. The van der Waals surface area contributed by atoms with Crippen molar-refractivity contribution in [1.29, 1.82) is 0 Å². The fraction of sp³-hybridized carbons (Fsp3) is 1.00. The molecule has 0 rings (SSSR count). The first-order valence-electron chi connectivity index (χ1n) is 6.81. The molecule has 0 spiro atoms. The monoisotopic (exact) mass is 280 g/mol. The summed E-state index contributed by atoms with van der Waals surface area (Å²) in [7, 11) is 0. The molecule has 17 heavy (non-hydrogen) atoms. The van der Waals surface area contributed by atoms with Crippen LogP contribution in [0.4, 0.5) is 0 Å². The van der Waals surface area contributed by atoms with Gasteiger partial charge in [-0.3, -0.25) is 0 Å². The van der Waals surface area contributed by atoms with Gasteiger partial charge in [-0.15, -0.1) is 0 Å². The van der Waals surface area contributed by atoms with Crippen LogP contribution in [-0.2, 0) is 21.7 Å². The topological polar surface area (TPSA) is 40.5 Å². The Balaban J connectivity index is -0.000000218. The molecule has 0 aromatic rings. The van der Waals surface area contributed by atoms with Crippen LogP contribution >= 0.6 is 0 Å². The van der Waals surface area contributed by atoms with E-state index in [-0.39, 0.29) is 32.9 Å². The van der Waals surface area contributed by atoms with Gasteiger partial charge in [0.2, 0.25) is 0 Å². The molecule has 0 aromatic heterocycles. The average Bonchev–Trinajstić information content (AvgIpc) is 2.37. The second kappa shape index (κ2) is 11.7. The van der Waals surface area contributed by atoms with Crippen molar-refractivity contribution in [3.8, 4) is 0 Å². The Bertz CT molecular complexity index is 118. The van der Waals surface area contributed by atoms with E-state index in [1.807, 2.05) is 41.5 Å². The van der Waals surface area contributed by atoms with Gasteiger partial charge in [-0.2, -0.15) is 0 Å². The van der Waals surface area contributed by atoms with Gasteiger partial charge in [-0.1, -0.05) is 41.5 Å². The van der Waals surface area contributed by atoms with Crippen LogP contribution in [-0.4, -0.2) is 21.4 Å². The van der Waals surface area contributed by atoms with Crippen molar-refractivity contribution >= 4 is 0 Å². The van der Waals surface area contributed by atoms with Gasteiger partial charge in [0.15, 0.2) is 0 Å². The summed E-state index contributed by atoms with van der Waals surface area (Å²) < 4.78 is 0. The molecule has 0 saturated heterocycles. The molecule has 0 unspecified atom stereocenters. The van der Waals surface area contributed by atoms with E-state index in [2.05, 4.69) is 0 Å². The van der Waals surface area contributed by atoms with Crippen LogP contribution in [0.3, 0.4) is 0 Å². The van der Waals surface area contributed by atoms with Gasteiger partial charge in [-0.25, -0.2) is 0 Å². The molecule has 0 amide bonds. The Morgan fingerprint density at radius 1 is 0.529 bits per heavy atom. The quantitative estimate of drug-likeness (QED) is 0.725. The maximum absolute atomic E-state index is 9.44. The summed E-state index contributed by atoms with van der Waals surface area (Å²) >= 11 is 0. The minimum atomic E-state index is -0.375. The van der Waals surface area contributed by atoms with Crippen LogP contribution in [0, 0.1) is 0 Å². The third kappa shape index (κ3) is 10.3. The van der Waals surface area contributed by atoms with Crippen LogP contribution in [0.15, 0.2) is 0 Å². The first-order chi connectivity index (χ1) is 7.36. The Hall–Kier alpha value is 0.634. The van der Waals surface area contributed by atoms with Crippen molar-refractivity contribution in [3.63, 3.8) is 0 Å². The number of hydrogen-bond donors (Lipinski definition) is 2. The summed E-state index contributed by atoms with van der Waals surface area (Å²) in [5.74, 6) is 0. The Morgan fingerprint density at radius 3 is 0.647 bits per heavy atom. The molecule has 0 fully saturated rings. The van der Waals surface area contributed by atoms with Crippen molar-refractivity contribution in [2.24, 2.45) is 0 Å². The summed E-state index contributed by atoms with van der Waals surface area (Å²) in [5.41, 5.74) is -0.750. The van der Waals surface area contributed by atoms with E-state index in [0.29, 0.717) is 0 Å². The van der Waals surface area contributed by atoms with Gasteiger partial charge in [0.25, 0.3) is 0 Å². The number of rotatable bonds is 6. The van der Waals surface area contributed by atoms with Crippen LogP contribution in [0.5, 0.6) is 0 Å². The van der Waals surface area contributed by atoms with Crippen LogP contribution in [0.25, 0.3) is 0 Å². The van der Waals surface area contributed by atoms with Crippen LogP contribution in [0.2, 0.25) is 0 Å². The third-order valence-corrected chi connectivity index (χ3v) is 3.95. The van der Waals surface area contributed by atoms with E-state index in [1.54, 1.807) is 0 Å². The molecule has 0 saturated carbocycles. The van der Waals surface area contributed by atoms with Crippen LogP contribution < -0.4 is 0 Å². The van der Waals surface area contributed by atoms with Crippen LogP contribution in [0.1, 0.15) is 80.1 Å². The third-order valence-electron chi connectivity index (χ3n) is 3.95. The van der Waals surface area contributed by atoms with Gasteiger partial charge in [0, 0.05) is 21.7 Å². The second-order valence-corrected chi connectivity index (χ2v) is 4.57. The van der Waals surface area contributed by atoms with Gasteiger partial charge < -0.3 is 10.2 Å². The van der Waals surface area contributed by atoms with E-state index in [1.165, 1.54) is 0 Å². The SMILES string of the molecule is CCC(O)(CC)CC.CCC(O)(CC)CC.[Ti]. The molecule has 0 heterocycles. The summed E-state index contributed by atoms with van der Waals surface area (Å²) in [6, 6.07) is 0. The smallest absolute Gasteiger partial charge is 0.0640 e. The zero-order chi connectivity index (χ0) is 13.2. The van der Waals surface area contributed by atoms with Gasteiger partial charge in [0.05, 0.1) is 11.2 Å². The second-order valence-electron chi connectivity index (χ2n) is 4.57. The number of hydrogen-bond acceptors (Lipinski definition) is 2. The molecule has 104 valence electrons. The average molecular weight is 280 g/mol. The molecule has 0 aliphatic carbocycles. The summed E-state index contributed by atoms with van der Waals surface area (Å²) in [6.45, 7) is 12.1. The predicted octanol–water partition coefficient (Wildman–Crippen LogP) is 3.89. The maximum atomic E-state index is 9.44. The molecular weight excluding hydrogens is 248 g/mol. The molecule has 0 aromatic carbocycles. The Labute approximate surface area is 123 Å². The molecule has 0 aliphatic rings. The summed E-state index contributed by atoms with van der Waals surface area (Å²) in [6.07, 6.45) is 5.25.